The number of carbonyl (C=O) groups excluding carboxylic acids is 2. The summed E-state index contributed by atoms with van der Waals surface area (Å²) >= 11 is 1.58. The van der Waals surface area contributed by atoms with Crippen molar-refractivity contribution in [3.63, 3.8) is 0 Å². The maximum absolute atomic E-state index is 13.8. The van der Waals surface area contributed by atoms with Crippen molar-refractivity contribution in [2.45, 2.75) is 59.2 Å². The number of aryl methyl sites for hydroxylation is 2. The third-order valence-electron chi connectivity index (χ3n) is 5.51. The second-order valence-corrected chi connectivity index (χ2v) is 10.4. The molecule has 2 aromatic heterocycles. The number of rotatable bonds is 3. The molecule has 0 spiro atoms. The van der Waals surface area contributed by atoms with E-state index in [2.05, 4.69) is 10.4 Å². The molecular weight excluding hydrogens is 408 g/mol. The molecular formula is C24H28N4O2S. The molecule has 0 saturated heterocycles. The fourth-order valence-corrected chi connectivity index (χ4v) is 4.62. The van der Waals surface area contributed by atoms with Crippen LogP contribution in [0.2, 0.25) is 0 Å². The molecule has 31 heavy (non-hydrogen) atoms. The lowest BCUT2D eigenvalue weighted by Gasteiger charge is -2.44. The van der Waals surface area contributed by atoms with Gasteiger partial charge in [0.05, 0.1) is 11.4 Å². The van der Waals surface area contributed by atoms with E-state index in [4.69, 9.17) is 0 Å². The van der Waals surface area contributed by atoms with Crippen LogP contribution in [0.15, 0.2) is 41.8 Å². The maximum Gasteiger partial charge on any atom is 0.277 e. The average Bonchev–Trinajstić information content (AvgIpc) is 3.32. The highest BCUT2D eigenvalue weighted by atomic mass is 32.1. The van der Waals surface area contributed by atoms with E-state index in [-0.39, 0.29) is 18.4 Å². The van der Waals surface area contributed by atoms with Gasteiger partial charge in [-0.2, -0.15) is 5.10 Å². The van der Waals surface area contributed by atoms with Crippen LogP contribution in [0.5, 0.6) is 0 Å². The van der Waals surface area contributed by atoms with Crippen LogP contribution in [0.1, 0.15) is 49.3 Å². The summed E-state index contributed by atoms with van der Waals surface area (Å²) in [5.41, 5.74) is 2.41. The highest BCUT2D eigenvalue weighted by Gasteiger charge is 2.50. The first-order valence-electron chi connectivity index (χ1n) is 10.4. The number of hydrogen-bond acceptors (Lipinski definition) is 4. The number of nitrogens with zero attached hydrogens (tertiary/aromatic N) is 3. The molecule has 0 saturated carbocycles. The van der Waals surface area contributed by atoms with Gasteiger partial charge < -0.3 is 5.32 Å². The van der Waals surface area contributed by atoms with Crippen LogP contribution >= 0.6 is 11.3 Å². The lowest BCUT2D eigenvalue weighted by molar-refractivity contribution is -0.128. The van der Waals surface area contributed by atoms with Crippen LogP contribution in [0.25, 0.3) is 10.6 Å². The molecule has 4 rings (SSSR count). The molecule has 6 nitrogen and oxygen atoms in total. The van der Waals surface area contributed by atoms with Gasteiger partial charge in [0.1, 0.15) is 16.9 Å². The first-order chi connectivity index (χ1) is 14.5. The maximum atomic E-state index is 13.8. The molecule has 2 amide bonds. The molecule has 0 bridgehead atoms. The zero-order valence-corrected chi connectivity index (χ0v) is 19.6. The lowest BCUT2D eigenvalue weighted by Crippen LogP contribution is -2.66. The summed E-state index contributed by atoms with van der Waals surface area (Å²) in [5.74, 6) is -0.421. The van der Waals surface area contributed by atoms with Crippen molar-refractivity contribution in [1.82, 2.24) is 15.1 Å². The Bertz CT molecular complexity index is 1160. The van der Waals surface area contributed by atoms with Crippen molar-refractivity contribution >= 4 is 28.8 Å². The summed E-state index contributed by atoms with van der Waals surface area (Å²) < 4.78 is 1.68. The van der Waals surface area contributed by atoms with E-state index in [1.54, 1.807) is 20.9 Å². The molecule has 1 aromatic carbocycles. The Labute approximate surface area is 186 Å². The second-order valence-electron chi connectivity index (χ2n) is 9.46. The minimum absolute atomic E-state index is 0.201. The fraction of sp³-hybridized carbons (Fsp3) is 0.375. The van der Waals surface area contributed by atoms with E-state index in [1.807, 2.05) is 83.3 Å². The van der Waals surface area contributed by atoms with Crippen molar-refractivity contribution in [1.29, 1.82) is 0 Å². The van der Waals surface area contributed by atoms with Gasteiger partial charge in [-0.05, 0) is 76.2 Å². The Morgan fingerprint density at radius 2 is 1.94 bits per heavy atom. The van der Waals surface area contributed by atoms with Crippen molar-refractivity contribution in [3.05, 3.63) is 58.6 Å². The minimum atomic E-state index is -1.13. The van der Waals surface area contributed by atoms with Gasteiger partial charge in [0.2, 0.25) is 5.91 Å². The van der Waals surface area contributed by atoms with Crippen LogP contribution in [-0.4, -0.2) is 32.7 Å². The van der Waals surface area contributed by atoms with Crippen LogP contribution in [0, 0.1) is 13.8 Å². The van der Waals surface area contributed by atoms with Crippen LogP contribution in [0.4, 0.5) is 5.69 Å². The van der Waals surface area contributed by atoms with Gasteiger partial charge in [0, 0.05) is 11.2 Å². The number of aromatic nitrogens is 2. The van der Waals surface area contributed by atoms with E-state index in [9.17, 15) is 9.59 Å². The van der Waals surface area contributed by atoms with Crippen LogP contribution < -0.4 is 10.2 Å². The summed E-state index contributed by atoms with van der Waals surface area (Å²) in [5, 5.41) is 9.75. The summed E-state index contributed by atoms with van der Waals surface area (Å²) in [4.78, 5) is 30.1. The SMILES string of the molecule is Cc1ccc(C)c(N2C(=O)c3cc(-c4cccs4)nn3C[C@@]2(C)C(=O)NC(C)(C)C)c1. The van der Waals surface area contributed by atoms with E-state index < -0.39 is 11.1 Å². The predicted molar refractivity (Wildman–Crippen MR) is 125 cm³/mol. The van der Waals surface area contributed by atoms with Crippen molar-refractivity contribution in [3.8, 4) is 10.6 Å². The molecule has 0 fully saturated rings. The molecule has 162 valence electrons. The number of fused-ring (bicyclic) bond motifs is 1. The zero-order chi connectivity index (χ0) is 22.6. The minimum Gasteiger partial charge on any atom is -0.349 e. The Morgan fingerprint density at radius 1 is 1.19 bits per heavy atom. The average molecular weight is 437 g/mol. The van der Waals surface area contributed by atoms with Crippen molar-refractivity contribution < 1.29 is 9.59 Å². The Morgan fingerprint density at radius 3 is 2.58 bits per heavy atom. The molecule has 3 heterocycles. The number of anilines is 1. The van der Waals surface area contributed by atoms with E-state index in [0.29, 0.717) is 5.69 Å². The Balaban J connectivity index is 1.88. The molecule has 0 radical (unpaired) electrons. The smallest absolute Gasteiger partial charge is 0.277 e. The van der Waals surface area contributed by atoms with Gasteiger partial charge in [-0.25, -0.2) is 0 Å². The number of amides is 2. The van der Waals surface area contributed by atoms with E-state index in [0.717, 1.165) is 27.4 Å². The second kappa shape index (κ2) is 7.34. The number of nitrogens with one attached hydrogen (secondary N) is 1. The van der Waals surface area contributed by atoms with Gasteiger partial charge in [-0.1, -0.05) is 18.2 Å². The first kappa shape index (κ1) is 21.3. The van der Waals surface area contributed by atoms with Gasteiger partial charge in [0.15, 0.2) is 0 Å². The number of benzene rings is 1. The fourth-order valence-electron chi connectivity index (χ4n) is 3.94. The van der Waals surface area contributed by atoms with Crippen molar-refractivity contribution in [2.24, 2.45) is 0 Å². The van der Waals surface area contributed by atoms with Gasteiger partial charge >= 0.3 is 0 Å². The molecule has 0 unspecified atom stereocenters. The summed E-state index contributed by atoms with van der Waals surface area (Å²) in [6.07, 6.45) is 0. The van der Waals surface area contributed by atoms with Crippen molar-refractivity contribution in [2.75, 3.05) is 4.90 Å². The lowest BCUT2D eigenvalue weighted by atomic mass is 9.91. The third kappa shape index (κ3) is 3.78. The highest BCUT2D eigenvalue weighted by molar-refractivity contribution is 7.13. The summed E-state index contributed by atoms with van der Waals surface area (Å²) in [6, 6.07) is 11.7. The Hall–Kier alpha value is -2.93. The third-order valence-corrected chi connectivity index (χ3v) is 6.40. The number of hydrogen-bond donors (Lipinski definition) is 1. The molecule has 7 heteroatoms. The summed E-state index contributed by atoms with van der Waals surface area (Å²) in [6.45, 7) is 11.9. The topological polar surface area (TPSA) is 67.2 Å². The van der Waals surface area contributed by atoms with Crippen LogP contribution in [0.3, 0.4) is 0 Å². The van der Waals surface area contributed by atoms with E-state index in [1.165, 1.54) is 0 Å². The predicted octanol–water partition coefficient (Wildman–Crippen LogP) is 4.56. The van der Waals surface area contributed by atoms with E-state index >= 15 is 0 Å². The quantitative estimate of drug-likeness (QED) is 0.654. The van der Waals surface area contributed by atoms with Gasteiger partial charge in [-0.3, -0.25) is 19.2 Å². The number of carbonyl (C=O) groups is 2. The Kier molecular flexibility index (Phi) is 5.04. The highest BCUT2D eigenvalue weighted by Crippen LogP contribution is 2.37. The summed E-state index contributed by atoms with van der Waals surface area (Å²) in [7, 11) is 0. The zero-order valence-electron chi connectivity index (χ0n) is 18.8. The largest absolute Gasteiger partial charge is 0.349 e. The van der Waals surface area contributed by atoms with Crippen LogP contribution in [-0.2, 0) is 11.3 Å². The molecule has 3 aromatic rings. The molecule has 1 N–H and O–H groups in total. The monoisotopic (exact) mass is 436 g/mol. The van der Waals surface area contributed by atoms with Gasteiger partial charge in [0.25, 0.3) is 5.91 Å². The normalized spacial score (nSPS) is 18.8. The number of thiophene rings is 1. The first-order valence-corrected chi connectivity index (χ1v) is 11.2. The molecule has 1 aliphatic heterocycles. The standard InChI is InChI=1S/C24H28N4O2S/c1-15-9-10-16(2)18(12-15)28-21(29)19-13-17(20-8-7-11-31-20)26-27(19)14-24(28,6)22(30)25-23(3,4)5/h7-13H,14H2,1-6H3,(H,25,30)/t24-/m0/s1. The van der Waals surface area contributed by atoms with Gasteiger partial charge in [-0.15, -0.1) is 11.3 Å². The molecule has 0 aliphatic carbocycles. The molecule has 1 aliphatic rings. The molecule has 1 atom stereocenters.